The Morgan fingerprint density at radius 3 is 2.55 bits per heavy atom. The number of aliphatic hydroxyl groups is 1. The van der Waals surface area contributed by atoms with Gasteiger partial charge in [0.25, 0.3) is 0 Å². The number of aliphatic hydroxyl groups excluding tert-OH is 1. The number of nitrogens with zero attached hydrogens (tertiary/aromatic N) is 1. The Bertz CT molecular complexity index is 162. The number of likely N-dealkylation sites (tertiary alicyclic amines) is 1. The van der Waals surface area contributed by atoms with E-state index in [9.17, 15) is 4.79 Å². The lowest BCUT2D eigenvalue weighted by molar-refractivity contribution is 0.150. The Morgan fingerprint density at radius 1 is 1.64 bits per heavy atom. The summed E-state index contributed by atoms with van der Waals surface area (Å²) in [5.41, 5.74) is 5.55. The quantitative estimate of drug-likeness (QED) is 0.455. The van der Waals surface area contributed by atoms with Gasteiger partial charge in [-0.2, -0.15) is 0 Å². The van der Waals surface area contributed by atoms with E-state index in [0.29, 0.717) is 13.1 Å². The second-order valence-corrected chi connectivity index (χ2v) is 2.79. The Morgan fingerprint density at radius 2 is 2.27 bits per heavy atom. The van der Waals surface area contributed by atoms with E-state index in [1.54, 1.807) is 0 Å². The fourth-order valence-electron chi connectivity index (χ4n) is 1.25. The normalized spacial score (nSPS) is 30.9. The lowest BCUT2D eigenvalue weighted by Gasteiger charge is -2.09. The molecule has 1 fully saturated rings. The summed E-state index contributed by atoms with van der Waals surface area (Å²) >= 11 is 0. The maximum Gasteiger partial charge on any atom is 0.407 e. The molecular weight excluding hydrogens is 148 g/mol. The number of hydrogen-bond acceptors (Lipinski definition) is 3. The summed E-state index contributed by atoms with van der Waals surface area (Å²) in [6.07, 6.45) is -0.962. The molecule has 0 aromatic rings. The number of hydrogen-bond donors (Lipinski definition) is 3. The summed E-state index contributed by atoms with van der Waals surface area (Å²) in [4.78, 5) is 11.6. The van der Waals surface area contributed by atoms with Crippen LogP contribution in [0.15, 0.2) is 0 Å². The fourth-order valence-corrected chi connectivity index (χ4v) is 1.25. The molecule has 1 aliphatic rings. The molecule has 11 heavy (non-hydrogen) atoms. The van der Waals surface area contributed by atoms with E-state index in [0.717, 1.165) is 0 Å². The van der Waals surface area contributed by atoms with Gasteiger partial charge in [-0.25, -0.2) is 4.79 Å². The zero-order valence-electron chi connectivity index (χ0n) is 6.10. The Kier molecular flexibility index (Phi) is 2.31. The minimum absolute atomic E-state index is 0.0368. The second kappa shape index (κ2) is 3.06. The molecule has 1 rings (SSSR count). The first-order chi connectivity index (χ1) is 5.15. The number of carboxylic acid groups (broad SMARTS) is 1. The molecule has 0 bridgehead atoms. The summed E-state index contributed by atoms with van der Waals surface area (Å²) in [6.45, 7) is 0.651. The maximum absolute atomic E-state index is 10.4. The van der Waals surface area contributed by atoms with Crippen molar-refractivity contribution in [3.05, 3.63) is 0 Å². The highest BCUT2D eigenvalue weighted by Crippen LogP contribution is 2.14. The van der Waals surface area contributed by atoms with E-state index in [4.69, 9.17) is 15.9 Å². The SMILES string of the molecule is N[C@H]1CN(C(=O)O)C[C@H]1CO. The minimum Gasteiger partial charge on any atom is -0.465 e. The number of rotatable bonds is 1. The van der Waals surface area contributed by atoms with Crippen LogP contribution in [-0.2, 0) is 0 Å². The van der Waals surface area contributed by atoms with Gasteiger partial charge in [0.15, 0.2) is 0 Å². The standard InChI is InChI=1S/C6H12N2O3/c7-5-2-8(6(10)11)1-4(5)3-9/h4-5,9H,1-3,7H2,(H,10,11)/t4-,5-/m0/s1. The predicted octanol–water partition coefficient (Wildman–Crippen LogP) is -1.08. The van der Waals surface area contributed by atoms with Crippen LogP contribution in [-0.4, -0.2) is 46.9 Å². The fraction of sp³-hybridized carbons (Fsp3) is 0.833. The van der Waals surface area contributed by atoms with Gasteiger partial charge in [0.2, 0.25) is 0 Å². The lowest BCUT2D eigenvalue weighted by Crippen LogP contribution is -2.32. The van der Waals surface area contributed by atoms with Gasteiger partial charge in [-0.05, 0) is 0 Å². The smallest absolute Gasteiger partial charge is 0.407 e. The lowest BCUT2D eigenvalue weighted by atomic mass is 10.1. The first-order valence-corrected chi connectivity index (χ1v) is 3.49. The molecule has 1 heterocycles. The highest BCUT2D eigenvalue weighted by atomic mass is 16.4. The van der Waals surface area contributed by atoms with Crippen LogP contribution in [0.3, 0.4) is 0 Å². The molecule has 2 atom stereocenters. The van der Waals surface area contributed by atoms with Crippen molar-refractivity contribution in [3.8, 4) is 0 Å². The molecule has 0 radical (unpaired) electrons. The van der Waals surface area contributed by atoms with E-state index < -0.39 is 6.09 Å². The largest absolute Gasteiger partial charge is 0.465 e. The molecule has 5 heteroatoms. The molecular formula is C6H12N2O3. The molecule has 1 aliphatic heterocycles. The van der Waals surface area contributed by atoms with Crippen molar-refractivity contribution in [1.82, 2.24) is 4.90 Å². The van der Waals surface area contributed by atoms with Crippen LogP contribution in [0.5, 0.6) is 0 Å². The van der Waals surface area contributed by atoms with E-state index in [1.165, 1.54) is 4.90 Å². The van der Waals surface area contributed by atoms with Crippen LogP contribution < -0.4 is 5.73 Å². The molecule has 0 aromatic carbocycles. The molecule has 0 saturated carbocycles. The average Bonchev–Trinajstić information content (AvgIpc) is 2.31. The molecule has 4 N–H and O–H groups in total. The zero-order chi connectivity index (χ0) is 8.43. The van der Waals surface area contributed by atoms with E-state index in [2.05, 4.69) is 0 Å². The van der Waals surface area contributed by atoms with E-state index in [1.807, 2.05) is 0 Å². The van der Waals surface area contributed by atoms with Crippen molar-refractivity contribution in [1.29, 1.82) is 0 Å². The first kappa shape index (κ1) is 8.29. The molecule has 5 nitrogen and oxygen atoms in total. The van der Waals surface area contributed by atoms with Crippen molar-refractivity contribution in [2.45, 2.75) is 6.04 Å². The highest BCUT2D eigenvalue weighted by molar-refractivity contribution is 5.65. The molecule has 0 spiro atoms. The van der Waals surface area contributed by atoms with Gasteiger partial charge >= 0.3 is 6.09 Å². The predicted molar refractivity (Wildman–Crippen MR) is 38.1 cm³/mol. The highest BCUT2D eigenvalue weighted by Gasteiger charge is 2.31. The number of carbonyl (C=O) groups is 1. The third-order valence-corrected chi connectivity index (χ3v) is 2.00. The Balaban J connectivity index is 2.49. The van der Waals surface area contributed by atoms with Crippen LogP contribution in [0, 0.1) is 5.92 Å². The van der Waals surface area contributed by atoms with Gasteiger partial charge in [0.1, 0.15) is 0 Å². The van der Waals surface area contributed by atoms with Crippen LogP contribution in [0.4, 0.5) is 4.79 Å². The van der Waals surface area contributed by atoms with Gasteiger partial charge in [0, 0.05) is 31.7 Å². The summed E-state index contributed by atoms with van der Waals surface area (Å²) in [5, 5.41) is 17.3. The summed E-state index contributed by atoms with van der Waals surface area (Å²) in [6, 6.07) is -0.212. The van der Waals surface area contributed by atoms with Crippen molar-refractivity contribution < 1.29 is 15.0 Å². The molecule has 64 valence electrons. The third kappa shape index (κ3) is 1.61. The van der Waals surface area contributed by atoms with Crippen LogP contribution in [0.1, 0.15) is 0 Å². The summed E-state index contributed by atoms with van der Waals surface area (Å²) < 4.78 is 0. The average molecular weight is 160 g/mol. The first-order valence-electron chi connectivity index (χ1n) is 3.49. The van der Waals surface area contributed by atoms with Crippen LogP contribution >= 0.6 is 0 Å². The van der Waals surface area contributed by atoms with Gasteiger partial charge < -0.3 is 20.8 Å². The van der Waals surface area contributed by atoms with Crippen molar-refractivity contribution in [2.75, 3.05) is 19.7 Å². The molecule has 1 amide bonds. The Labute approximate surface area is 64.4 Å². The third-order valence-electron chi connectivity index (χ3n) is 2.00. The molecule has 0 aliphatic carbocycles. The number of nitrogens with two attached hydrogens (primary N) is 1. The Hall–Kier alpha value is -0.810. The second-order valence-electron chi connectivity index (χ2n) is 2.79. The molecule has 0 unspecified atom stereocenters. The molecule has 0 aromatic heterocycles. The van der Waals surface area contributed by atoms with E-state index in [-0.39, 0.29) is 18.6 Å². The zero-order valence-corrected chi connectivity index (χ0v) is 6.10. The van der Waals surface area contributed by atoms with Crippen LogP contribution in [0.25, 0.3) is 0 Å². The van der Waals surface area contributed by atoms with Crippen molar-refractivity contribution in [2.24, 2.45) is 11.7 Å². The van der Waals surface area contributed by atoms with Crippen molar-refractivity contribution in [3.63, 3.8) is 0 Å². The van der Waals surface area contributed by atoms with Gasteiger partial charge in [-0.1, -0.05) is 0 Å². The molecule has 1 saturated heterocycles. The monoisotopic (exact) mass is 160 g/mol. The maximum atomic E-state index is 10.4. The minimum atomic E-state index is -0.962. The van der Waals surface area contributed by atoms with Crippen LogP contribution in [0.2, 0.25) is 0 Å². The topological polar surface area (TPSA) is 86.8 Å². The van der Waals surface area contributed by atoms with Gasteiger partial charge in [0.05, 0.1) is 0 Å². The summed E-state index contributed by atoms with van der Waals surface area (Å²) in [7, 11) is 0. The summed E-state index contributed by atoms with van der Waals surface area (Å²) in [5.74, 6) is -0.0916. The van der Waals surface area contributed by atoms with Gasteiger partial charge in [-0.3, -0.25) is 0 Å². The number of amides is 1. The van der Waals surface area contributed by atoms with Gasteiger partial charge in [-0.15, -0.1) is 0 Å². The van der Waals surface area contributed by atoms with Crippen molar-refractivity contribution >= 4 is 6.09 Å². The van der Waals surface area contributed by atoms with E-state index >= 15 is 0 Å².